The number of likely N-dealkylation sites (N-methyl/N-ethyl adjacent to an activating group) is 1. The lowest BCUT2D eigenvalue weighted by molar-refractivity contribution is 0.259. The minimum Gasteiger partial charge on any atom is -0.468 e. The van der Waals surface area contributed by atoms with E-state index < -0.39 is 10.0 Å². The molecule has 0 fully saturated rings. The predicted molar refractivity (Wildman–Crippen MR) is 94.3 cm³/mol. The van der Waals surface area contributed by atoms with Gasteiger partial charge in [-0.15, -0.1) is 0 Å². The molecule has 1 N–H and O–H groups in total. The van der Waals surface area contributed by atoms with Crippen molar-refractivity contribution in [1.29, 1.82) is 0 Å². The van der Waals surface area contributed by atoms with Gasteiger partial charge in [-0.2, -0.15) is 0 Å². The number of hydrogen-bond acceptors (Lipinski definition) is 4. The van der Waals surface area contributed by atoms with E-state index in [0.717, 1.165) is 11.1 Å². The standard InChI is InChI=1S/C18H20N2O3S/c1-20(2)16(17-10-6-12-23-17)13-19-24(21,22)18-11-5-8-14-7-3-4-9-15(14)18/h3-12,16,19H,13H2,1-2H3. The van der Waals surface area contributed by atoms with Crippen LogP contribution in [0.4, 0.5) is 0 Å². The van der Waals surface area contributed by atoms with Crippen LogP contribution < -0.4 is 4.72 Å². The van der Waals surface area contributed by atoms with Crippen LogP contribution in [-0.2, 0) is 10.0 Å². The molecule has 0 radical (unpaired) electrons. The summed E-state index contributed by atoms with van der Waals surface area (Å²) in [5.41, 5.74) is 0. The van der Waals surface area contributed by atoms with Crippen LogP contribution >= 0.6 is 0 Å². The molecule has 2 aromatic carbocycles. The van der Waals surface area contributed by atoms with Crippen molar-refractivity contribution in [3.8, 4) is 0 Å². The van der Waals surface area contributed by atoms with Crippen LogP contribution in [0.15, 0.2) is 70.2 Å². The third-order valence-corrected chi connectivity index (χ3v) is 5.48. The molecule has 6 heteroatoms. The average Bonchev–Trinajstić information content (AvgIpc) is 3.08. The Kier molecular flexibility index (Phi) is 4.71. The van der Waals surface area contributed by atoms with Gasteiger partial charge in [0.15, 0.2) is 0 Å². The Bertz CT molecular complexity index is 913. The molecule has 24 heavy (non-hydrogen) atoms. The van der Waals surface area contributed by atoms with E-state index in [1.54, 1.807) is 24.5 Å². The van der Waals surface area contributed by atoms with Gasteiger partial charge in [-0.25, -0.2) is 13.1 Å². The molecule has 126 valence electrons. The molecular formula is C18H20N2O3S. The van der Waals surface area contributed by atoms with Gasteiger partial charge in [-0.05, 0) is 37.7 Å². The molecule has 1 atom stereocenters. The highest BCUT2D eigenvalue weighted by atomic mass is 32.2. The van der Waals surface area contributed by atoms with Crippen molar-refractivity contribution in [1.82, 2.24) is 9.62 Å². The van der Waals surface area contributed by atoms with Crippen molar-refractivity contribution in [2.75, 3.05) is 20.6 Å². The largest absolute Gasteiger partial charge is 0.468 e. The highest BCUT2D eigenvalue weighted by molar-refractivity contribution is 7.89. The highest BCUT2D eigenvalue weighted by Crippen LogP contribution is 2.24. The number of nitrogens with zero attached hydrogens (tertiary/aromatic N) is 1. The number of sulfonamides is 1. The van der Waals surface area contributed by atoms with E-state index in [-0.39, 0.29) is 17.5 Å². The molecule has 0 spiro atoms. The Morgan fingerprint density at radius 1 is 1.04 bits per heavy atom. The van der Waals surface area contributed by atoms with Gasteiger partial charge in [0.1, 0.15) is 5.76 Å². The summed E-state index contributed by atoms with van der Waals surface area (Å²) in [6.07, 6.45) is 1.59. The van der Waals surface area contributed by atoms with E-state index in [9.17, 15) is 8.42 Å². The molecular weight excluding hydrogens is 324 g/mol. The first-order chi connectivity index (χ1) is 11.5. The normalized spacial score (nSPS) is 13.5. The minimum atomic E-state index is -3.62. The zero-order valence-corrected chi connectivity index (χ0v) is 14.5. The van der Waals surface area contributed by atoms with Gasteiger partial charge < -0.3 is 4.42 Å². The van der Waals surface area contributed by atoms with Crippen molar-refractivity contribution < 1.29 is 12.8 Å². The fraction of sp³-hybridized carbons (Fsp3) is 0.222. The summed E-state index contributed by atoms with van der Waals surface area (Å²) in [6, 6.07) is 16.2. The lowest BCUT2D eigenvalue weighted by Gasteiger charge is -2.22. The summed E-state index contributed by atoms with van der Waals surface area (Å²) >= 11 is 0. The molecule has 0 saturated carbocycles. The first-order valence-electron chi connectivity index (χ1n) is 7.66. The zero-order chi connectivity index (χ0) is 17.2. The third-order valence-electron chi connectivity index (χ3n) is 4.00. The highest BCUT2D eigenvalue weighted by Gasteiger charge is 2.22. The SMILES string of the molecule is CN(C)C(CNS(=O)(=O)c1cccc2ccccc12)c1ccco1. The van der Waals surface area contributed by atoms with Crippen LogP contribution in [0.3, 0.4) is 0 Å². The van der Waals surface area contributed by atoms with E-state index in [1.807, 2.05) is 55.4 Å². The molecule has 0 aliphatic heterocycles. The number of rotatable bonds is 6. The summed E-state index contributed by atoms with van der Waals surface area (Å²) < 4.78 is 33.7. The van der Waals surface area contributed by atoms with Gasteiger partial charge in [-0.3, -0.25) is 4.90 Å². The maximum absolute atomic E-state index is 12.8. The van der Waals surface area contributed by atoms with Crippen LogP contribution in [0.1, 0.15) is 11.8 Å². The number of furan rings is 1. The Balaban J connectivity index is 1.88. The van der Waals surface area contributed by atoms with Gasteiger partial charge in [0.05, 0.1) is 17.2 Å². The van der Waals surface area contributed by atoms with E-state index >= 15 is 0 Å². The molecule has 0 aliphatic rings. The van der Waals surface area contributed by atoms with E-state index in [4.69, 9.17) is 4.42 Å². The molecule has 0 amide bonds. The second kappa shape index (κ2) is 6.76. The Morgan fingerprint density at radius 3 is 2.50 bits per heavy atom. The van der Waals surface area contributed by atoms with E-state index in [0.29, 0.717) is 5.39 Å². The first-order valence-corrected chi connectivity index (χ1v) is 9.14. The smallest absolute Gasteiger partial charge is 0.241 e. The number of benzene rings is 2. The monoisotopic (exact) mass is 344 g/mol. The van der Waals surface area contributed by atoms with Crippen molar-refractivity contribution in [3.63, 3.8) is 0 Å². The van der Waals surface area contributed by atoms with Gasteiger partial charge >= 0.3 is 0 Å². The minimum absolute atomic E-state index is 0.176. The molecule has 3 rings (SSSR count). The summed E-state index contributed by atoms with van der Waals surface area (Å²) in [7, 11) is 0.152. The van der Waals surface area contributed by atoms with Crippen molar-refractivity contribution >= 4 is 20.8 Å². The van der Waals surface area contributed by atoms with Crippen LogP contribution in [0.25, 0.3) is 10.8 Å². The molecule has 1 heterocycles. The number of nitrogens with one attached hydrogen (secondary N) is 1. The van der Waals surface area contributed by atoms with Crippen molar-refractivity contribution in [2.45, 2.75) is 10.9 Å². The molecule has 3 aromatic rings. The van der Waals surface area contributed by atoms with Gasteiger partial charge in [0, 0.05) is 11.9 Å². The van der Waals surface area contributed by atoms with Crippen molar-refractivity contribution in [3.05, 3.63) is 66.6 Å². The lowest BCUT2D eigenvalue weighted by atomic mass is 10.1. The number of hydrogen-bond donors (Lipinski definition) is 1. The third kappa shape index (κ3) is 3.36. The zero-order valence-electron chi connectivity index (χ0n) is 13.6. The summed E-state index contributed by atoms with van der Waals surface area (Å²) in [5, 5.41) is 1.61. The first kappa shape index (κ1) is 16.7. The Morgan fingerprint density at radius 2 is 1.79 bits per heavy atom. The lowest BCUT2D eigenvalue weighted by Crippen LogP contribution is -2.34. The second-order valence-electron chi connectivity index (χ2n) is 5.82. The van der Waals surface area contributed by atoms with E-state index in [1.165, 1.54) is 0 Å². The quantitative estimate of drug-likeness (QED) is 0.747. The van der Waals surface area contributed by atoms with Crippen LogP contribution in [0.2, 0.25) is 0 Å². The molecule has 5 nitrogen and oxygen atoms in total. The molecule has 1 aromatic heterocycles. The predicted octanol–water partition coefficient (Wildman–Crippen LogP) is 3.01. The number of fused-ring (bicyclic) bond motifs is 1. The van der Waals surface area contributed by atoms with Crippen LogP contribution in [0.5, 0.6) is 0 Å². The molecule has 0 saturated heterocycles. The second-order valence-corrected chi connectivity index (χ2v) is 7.56. The van der Waals surface area contributed by atoms with Gasteiger partial charge in [0.25, 0.3) is 0 Å². The van der Waals surface area contributed by atoms with Crippen LogP contribution in [0, 0.1) is 0 Å². The fourth-order valence-electron chi connectivity index (χ4n) is 2.71. The van der Waals surface area contributed by atoms with Crippen molar-refractivity contribution in [2.24, 2.45) is 0 Å². The Labute approximate surface area is 141 Å². The topological polar surface area (TPSA) is 62.6 Å². The maximum atomic E-state index is 12.8. The summed E-state index contributed by atoms with van der Waals surface area (Å²) in [6.45, 7) is 0.228. The summed E-state index contributed by atoms with van der Waals surface area (Å²) in [5.74, 6) is 0.723. The van der Waals surface area contributed by atoms with Crippen LogP contribution in [-0.4, -0.2) is 34.0 Å². The van der Waals surface area contributed by atoms with Gasteiger partial charge in [0.2, 0.25) is 10.0 Å². The fourth-order valence-corrected chi connectivity index (χ4v) is 3.98. The average molecular weight is 344 g/mol. The van der Waals surface area contributed by atoms with E-state index in [2.05, 4.69) is 4.72 Å². The molecule has 0 bridgehead atoms. The molecule has 1 unspecified atom stereocenters. The molecule has 0 aliphatic carbocycles. The summed E-state index contributed by atoms with van der Waals surface area (Å²) in [4.78, 5) is 2.21. The Hall–Kier alpha value is -2.15. The van der Waals surface area contributed by atoms with Gasteiger partial charge in [-0.1, -0.05) is 36.4 Å². The maximum Gasteiger partial charge on any atom is 0.241 e.